The number of carboxylic acid groups (broad SMARTS) is 1. The maximum atomic E-state index is 11.3. The average molecular weight is 209 g/mol. The number of aromatic amines is 1. The van der Waals surface area contributed by atoms with E-state index >= 15 is 0 Å². The van der Waals surface area contributed by atoms with Gasteiger partial charge in [-0.15, -0.1) is 0 Å². The molecule has 1 aliphatic rings. The highest BCUT2D eigenvalue weighted by atomic mass is 16.4. The summed E-state index contributed by atoms with van der Waals surface area (Å²) < 4.78 is 0. The van der Waals surface area contributed by atoms with Crippen molar-refractivity contribution in [2.24, 2.45) is 5.41 Å². The number of H-pyrrole nitrogens is 1. The van der Waals surface area contributed by atoms with Crippen molar-refractivity contribution in [1.29, 1.82) is 0 Å². The van der Waals surface area contributed by atoms with Crippen LogP contribution in [-0.4, -0.2) is 26.3 Å². The van der Waals surface area contributed by atoms with Crippen molar-refractivity contribution in [2.75, 3.05) is 0 Å². The first-order valence-electron chi connectivity index (χ1n) is 5.24. The fraction of sp³-hybridized carbons (Fsp3) is 0.700. The summed E-state index contributed by atoms with van der Waals surface area (Å²) in [4.78, 5) is 15.4. The molecule has 0 aliphatic heterocycles. The third-order valence-corrected chi connectivity index (χ3v) is 3.15. The van der Waals surface area contributed by atoms with Gasteiger partial charge in [-0.05, 0) is 19.8 Å². The Balaban J connectivity index is 2.17. The number of hydrogen-bond donors (Lipinski definition) is 2. The largest absolute Gasteiger partial charge is 0.481 e. The van der Waals surface area contributed by atoms with E-state index in [1.165, 1.54) is 0 Å². The van der Waals surface area contributed by atoms with Crippen molar-refractivity contribution >= 4 is 5.97 Å². The molecular formula is C10H15N3O2. The highest BCUT2D eigenvalue weighted by molar-refractivity contribution is 5.75. The third kappa shape index (κ3) is 1.86. The van der Waals surface area contributed by atoms with Gasteiger partial charge in [0.05, 0.1) is 5.41 Å². The normalized spacial score (nSPS) is 19.3. The van der Waals surface area contributed by atoms with Crippen LogP contribution in [0.4, 0.5) is 0 Å². The van der Waals surface area contributed by atoms with Crippen LogP contribution in [0.1, 0.15) is 37.3 Å². The SMILES string of the molecule is Cc1nc(CC2(C(=O)O)CCCC2)n[nH]1. The summed E-state index contributed by atoms with van der Waals surface area (Å²) in [5.74, 6) is 0.655. The molecule has 0 saturated heterocycles. The minimum atomic E-state index is -0.706. The smallest absolute Gasteiger partial charge is 0.310 e. The second-order valence-corrected chi connectivity index (χ2v) is 4.31. The topological polar surface area (TPSA) is 78.9 Å². The molecule has 2 N–H and O–H groups in total. The number of carbonyl (C=O) groups is 1. The quantitative estimate of drug-likeness (QED) is 0.786. The Kier molecular flexibility index (Phi) is 2.46. The fourth-order valence-corrected chi connectivity index (χ4v) is 2.29. The van der Waals surface area contributed by atoms with Gasteiger partial charge in [0, 0.05) is 6.42 Å². The van der Waals surface area contributed by atoms with Gasteiger partial charge in [-0.1, -0.05) is 12.8 Å². The predicted octanol–water partition coefficient (Wildman–Crippen LogP) is 1.30. The zero-order chi connectivity index (χ0) is 10.9. The van der Waals surface area contributed by atoms with Crippen LogP contribution in [0.5, 0.6) is 0 Å². The Bertz CT molecular complexity index is 366. The van der Waals surface area contributed by atoms with Gasteiger partial charge in [0.25, 0.3) is 0 Å². The summed E-state index contributed by atoms with van der Waals surface area (Å²) in [6.07, 6.45) is 3.93. The van der Waals surface area contributed by atoms with Gasteiger partial charge in [-0.2, -0.15) is 5.10 Å². The first kappa shape index (κ1) is 10.1. The van der Waals surface area contributed by atoms with Gasteiger partial charge in [0.15, 0.2) is 5.82 Å². The van der Waals surface area contributed by atoms with Crippen LogP contribution in [0.3, 0.4) is 0 Å². The van der Waals surface area contributed by atoms with E-state index in [9.17, 15) is 9.90 Å². The van der Waals surface area contributed by atoms with Crippen molar-refractivity contribution in [3.8, 4) is 0 Å². The number of rotatable bonds is 3. The maximum absolute atomic E-state index is 11.3. The number of nitrogens with zero attached hydrogens (tertiary/aromatic N) is 2. The molecule has 0 atom stereocenters. The Morgan fingerprint density at radius 1 is 1.53 bits per heavy atom. The number of aromatic nitrogens is 3. The van der Waals surface area contributed by atoms with E-state index in [2.05, 4.69) is 15.2 Å². The first-order valence-corrected chi connectivity index (χ1v) is 5.24. The fourth-order valence-electron chi connectivity index (χ4n) is 2.29. The minimum absolute atomic E-state index is 0.451. The summed E-state index contributed by atoms with van der Waals surface area (Å²) in [6, 6.07) is 0. The summed E-state index contributed by atoms with van der Waals surface area (Å²) in [7, 11) is 0. The number of aryl methyl sites for hydroxylation is 1. The van der Waals surface area contributed by atoms with E-state index in [-0.39, 0.29) is 0 Å². The molecule has 0 unspecified atom stereocenters. The monoisotopic (exact) mass is 209 g/mol. The van der Waals surface area contributed by atoms with E-state index in [0.29, 0.717) is 12.2 Å². The van der Waals surface area contributed by atoms with Crippen LogP contribution >= 0.6 is 0 Å². The summed E-state index contributed by atoms with van der Waals surface area (Å²) in [5, 5.41) is 16.0. The maximum Gasteiger partial charge on any atom is 0.310 e. The lowest BCUT2D eigenvalue weighted by Gasteiger charge is -2.21. The Hall–Kier alpha value is -1.39. The average Bonchev–Trinajstić information content (AvgIpc) is 2.77. The lowest BCUT2D eigenvalue weighted by molar-refractivity contribution is -0.148. The zero-order valence-corrected chi connectivity index (χ0v) is 8.79. The second kappa shape index (κ2) is 3.64. The highest BCUT2D eigenvalue weighted by Crippen LogP contribution is 2.40. The molecule has 1 fully saturated rings. The standard InChI is InChI=1S/C10H15N3O2/c1-7-11-8(13-12-7)6-10(9(14)15)4-2-3-5-10/h2-6H2,1H3,(H,14,15)(H,11,12,13). The van der Waals surface area contributed by atoms with E-state index < -0.39 is 11.4 Å². The molecule has 0 spiro atoms. The number of nitrogens with one attached hydrogen (secondary N) is 1. The molecule has 5 nitrogen and oxygen atoms in total. The Morgan fingerprint density at radius 3 is 2.67 bits per heavy atom. The van der Waals surface area contributed by atoms with Crippen LogP contribution in [0.15, 0.2) is 0 Å². The van der Waals surface area contributed by atoms with E-state index in [0.717, 1.165) is 31.5 Å². The number of carboxylic acids is 1. The summed E-state index contributed by atoms with van der Waals surface area (Å²) in [5.41, 5.74) is -0.616. The van der Waals surface area contributed by atoms with Gasteiger partial charge >= 0.3 is 5.97 Å². The van der Waals surface area contributed by atoms with Crippen molar-refractivity contribution in [1.82, 2.24) is 15.2 Å². The lowest BCUT2D eigenvalue weighted by atomic mass is 9.82. The third-order valence-electron chi connectivity index (χ3n) is 3.15. The predicted molar refractivity (Wildman–Crippen MR) is 53.4 cm³/mol. The van der Waals surface area contributed by atoms with Crippen LogP contribution in [-0.2, 0) is 11.2 Å². The molecule has 15 heavy (non-hydrogen) atoms. The molecule has 0 amide bonds. The molecule has 1 aliphatic carbocycles. The molecular weight excluding hydrogens is 194 g/mol. The van der Waals surface area contributed by atoms with Gasteiger partial charge in [-0.3, -0.25) is 9.89 Å². The molecule has 0 bridgehead atoms. The van der Waals surface area contributed by atoms with Crippen molar-refractivity contribution in [3.63, 3.8) is 0 Å². The van der Waals surface area contributed by atoms with Gasteiger partial charge < -0.3 is 5.11 Å². The number of hydrogen-bond acceptors (Lipinski definition) is 3. The minimum Gasteiger partial charge on any atom is -0.481 e. The van der Waals surface area contributed by atoms with Crippen LogP contribution in [0, 0.1) is 12.3 Å². The molecule has 2 rings (SSSR count). The molecule has 0 aromatic carbocycles. The van der Waals surface area contributed by atoms with Gasteiger partial charge in [0.2, 0.25) is 0 Å². The van der Waals surface area contributed by atoms with E-state index in [1.54, 1.807) is 0 Å². The molecule has 0 radical (unpaired) electrons. The first-order chi connectivity index (χ1) is 7.12. The van der Waals surface area contributed by atoms with Crippen LogP contribution in [0.25, 0.3) is 0 Å². The van der Waals surface area contributed by atoms with Crippen LogP contribution in [0.2, 0.25) is 0 Å². The van der Waals surface area contributed by atoms with Crippen molar-refractivity contribution < 1.29 is 9.90 Å². The molecule has 1 saturated carbocycles. The Morgan fingerprint density at radius 2 is 2.20 bits per heavy atom. The van der Waals surface area contributed by atoms with E-state index in [4.69, 9.17) is 0 Å². The van der Waals surface area contributed by atoms with Crippen LogP contribution < -0.4 is 0 Å². The summed E-state index contributed by atoms with van der Waals surface area (Å²) >= 11 is 0. The molecule has 1 aromatic heterocycles. The number of aliphatic carboxylic acids is 1. The molecule has 1 heterocycles. The summed E-state index contributed by atoms with van der Waals surface area (Å²) in [6.45, 7) is 1.82. The molecule has 82 valence electrons. The van der Waals surface area contributed by atoms with Gasteiger partial charge in [0.1, 0.15) is 5.82 Å². The second-order valence-electron chi connectivity index (χ2n) is 4.31. The van der Waals surface area contributed by atoms with Crippen molar-refractivity contribution in [2.45, 2.75) is 39.0 Å². The Labute approximate surface area is 87.9 Å². The molecule has 5 heteroatoms. The van der Waals surface area contributed by atoms with Crippen molar-refractivity contribution in [3.05, 3.63) is 11.6 Å². The molecule has 1 aromatic rings. The highest BCUT2D eigenvalue weighted by Gasteiger charge is 2.42. The zero-order valence-electron chi connectivity index (χ0n) is 8.79. The van der Waals surface area contributed by atoms with E-state index in [1.807, 2.05) is 6.92 Å². The van der Waals surface area contributed by atoms with Gasteiger partial charge in [-0.25, -0.2) is 4.98 Å². The lowest BCUT2D eigenvalue weighted by Crippen LogP contribution is -2.30.